The van der Waals surface area contributed by atoms with Crippen molar-refractivity contribution in [1.82, 2.24) is 9.62 Å². The number of hydrogen-bond acceptors (Lipinski definition) is 4. The molecule has 2 aliphatic rings. The van der Waals surface area contributed by atoms with Crippen LogP contribution in [0.1, 0.15) is 12.8 Å². The molecule has 0 aromatic heterocycles. The number of hydrogen-bond donors (Lipinski definition) is 1. The van der Waals surface area contributed by atoms with Crippen molar-refractivity contribution in [2.24, 2.45) is 5.92 Å². The second-order valence-electron chi connectivity index (χ2n) is 6.07. The summed E-state index contributed by atoms with van der Waals surface area (Å²) in [5.41, 5.74) is -0.0209. The average molecular weight is 310 g/mol. The molecule has 0 amide bonds. The highest BCUT2D eigenvalue weighted by Gasteiger charge is 2.51. The van der Waals surface area contributed by atoms with Crippen LogP contribution in [0, 0.1) is 5.92 Å². The molecular formula is C15H22N2O3S. The average Bonchev–Trinajstić information content (AvgIpc) is 2.83. The van der Waals surface area contributed by atoms with Crippen molar-refractivity contribution in [2.45, 2.75) is 23.3 Å². The SMILES string of the molecule is CN1CC2(C1)OCC[C@H]2CCNS(=O)(=O)c1ccccc1. The summed E-state index contributed by atoms with van der Waals surface area (Å²) in [7, 11) is -1.30. The van der Waals surface area contributed by atoms with Gasteiger partial charge in [0.25, 0.3) is 0 Å². The normalized spacial score (nSPS) is 25.1. The first-order valence-corrected chi connectivity index (χ1v) is 8.87. The molecule has 2 saturated heterocycles. The highest BCUT2D eigenvalue weighted by Crippen LogP contribution is 2.40. The zero-order valence-corrected chi connectivity index (χ0v) is 13.1. The maximum Gasteiger partial charge on any atom is 0.240 e. The maximum atomic E-state index is 12.2. The van der Waals surface area contributed by atoms with Gasteiger partial charge in [0.2, 0.25) is 10.0 Å². The van der Waals surface area contributed by atoms with Gasteiger partial charge in [-0.15, -0.1) is 0 Å². The van der Waals surface area contributed by atoms with E-state index in [1.807, 2.05) is 6.07 Å². The minimum Gasteiger partial charge on any atom is -0.372 e. The molecule has 2 fully saturated rings. The summed E-state index contributed by atoms with van der Waals surface area (Å²) in [6.07, 6.45) is 1.86. The Hall–Kier alpha value is -0.950. The van der Waals surface area contributed by atoms with E-state index < -0.39 is 10.0 Å². The van der Waals surface area contributed by atoms with Gasteiger partial charge in [-0.3, -0.25) is 0 Å². The number of sulfonamides is 1. The highest BCUT2D eigenvalue weighted by atomic mass is 32.2. The smallest absolute Gasteiger partial charge is 0.240 e. The molecule has 1 N–H and O–H groups in total. The molecule has 0 bridgehead atoms. The van der Waals surface area contributed by atoms with Gasteiger partial charge in [0.1, 0.15) is 0 Å². The van der Waals surface area contributed by atoms with E-state index in [4.69, 9.17) is 4.74 Å². The van der Waals surface area contributed by atoms with Crippen LogP contribution in [0.5, 0.6) is 0 Å². The lowest BCUT2D eigenvalue weighted by Gasteiger charge is -2.48. The van der Waals surface area contributed by atoms with Crippen molar-refractivity contribution < 1.29 is 13.2 Å². The predicted octanol–water partition coefficient (Wildman–Crippen LogP) is 1.08. The third kappa shape index (κ3) is 2.99. The Labute approximate surface area is 126 Å². The zero-order valence-electron chi connectivity index (χ0n) is 12.3. The van der Waals surface area contributed by atoms with Crippen LogP contribution >= 0.6 is 0 Å². The first-order valence-electron chi connectivity index (χ1n) is 7.39. The van der Waals surface area contributed by atoms with E-state index in [0.717, 1.165) is 32.5 Å². The maximum absolute atomic E-state index is 12.2. The lowest BCUT2D eigenvalue weighted by Crippen LogP contribution is -2.63. The van der Waals surface area contributed by atoms with Gasteiger partial charge < -0.3 is 9.64 Å². The van der Waals surface area contributed by atoms with Crippen LogP contribution in [0.2, 0.25) is 0 Å². The molecule has 0 aliphatic carbocycles. The van der Waals surface area contributed by atoms with Crippen molar-refractivity contribution in [3.63, 3.8) is 0 Å². The fourth-order valence-corrected chi connectivity index (χ4v) is 4.53. The van der Waals surface area contributed by atoms with Crippen molar-refractivity contribution in [2.75, 3.05) is 33.3 Å². The summed E-state index contributed by atoms with van der Waals surface area (Å²) in [6, 6.07) is 8.51. The van der Waals surface area contributed by atoms with E-state index >= 15 is 0 Å². The monoisotopic (exact) mass is 310 g/mol. The molecule has 0 unspecified atom stereocenters. The molecule has 0 radical (unpaired) electrons. The van der Waals surface area contributed by atoms with Gasteiger partial charge in [0.05, 0.1) is 10.5 Å². The number of nitrogens with zero attached hydrogens (tertiary/aromatic N) is 1. The van der Waals surface area contributed by atoms with Gasteiger partial charge >= 0.3 is 0 Å². The fraction of sp³-hybridized carbons (Fsp3) is 0.600. The van der Waals surface area contributed by atoms with E-state index in [2.05, 4.69) is 16.7 Å². The number of likely N-dealkylation sites (tertiary alicyclic amines) is 1. The zero-order chi connectivity index (χ0) is 14.9. The minimum atomic E-state index is -3.39. The summed E-state index contributed by atoms with van der Waals surface area (Å²) >= 11 is 0. The van der Waals surface area contributed by atoms with E-state index in [1.54, 1.807) is 24.3 Å². The van der Waals surface area contributed by atoms with Gasteiger partial charge in [-0.2, -0.15) is 0 Å². The molecule has 1 aromatic carbocycles. The predicted molar refractivity (Wildman–Crippen MR) is 80.5 cm³/mol. The summed E-state index contributed by atoms with van der Waals surface area (Å²) in [5, 5.41) is 0. The van der Waals surface area contributed by atoms with E-state index in [9.17, 15) is 8.42 Å². The number of benzene rings is 1. The molecule has 0 saturated carbocycles. The number of rotatable bonds is 5. The lowest BCUT2D eigenvalue weighted by atomic mass is 9.79. The topological polar surface area (TPSA) is 58.6 Å². The first kappa shape index (κ1) is 15.0. The standard InChI is InChI=1S/C15H22N2O3S/c1-17-11-15(12-17)13(8-10-20-15)7-9-16-21(18,19)14-5-3-2-4-6-14/h2-6,13,16H,7-12H2,1H3/t13-/m1/s1. The van der Waals surface area contributed by atoms with E-state index in [-0.39, 0.29) is 5.60 Å². The van der Waals surface area contributed by atoms with E-state index in [1.165, 1.54) is 0 Å². The van der Waals surface area contributed by atoms with Crippen LogP contribution in [0.4, 0.5) is 0 Å². The Bertz CT molecular complexity index is 582. The number of ether oxygens (including phenoxy) is 1. The fourth-order valence-electron chi connectivity index (χ4n) is 3.46. The molecule has 3 rings (SSSR count). The third-order valence-corrected chi connectivity index (χ3v) is 5.99. The minimum absolute atomic E-state index is 0.0209. The Morgan fingerprint density at radius 1 is 1.33 bits per heavy atom. The molecule has 1 aromatic rings. The van der Waals surface area contributed by atoms with Gasteiger partial charge in [0.15, 0.2) is 0 Å². The molecule has 116 valence electrons. The van der Waals surface area contributed by atoms with Gasteiger partial charge in [-0.1, -0.05) is 18.2 Å². The molecule has 5 nitrogen and oxygen atoms in total. The van der Waals surface area contributed by atoms with Gasteiger partial charge in [0, 0.05) is 26.2 Å². The van der Waals surface area contributed by atoms with Crippen LogP contribution in [0.3, 0.4) is 0 Å². The molecular weight excluding hydrogens is 288 g/mol. The Kier molecular flexibility index (Phi) is 4.05. The van der Waals surface area contributed by atoms with Crippen LogP contribution in [0.25, 0.3) is 0 Å². The van der Waals surface area contributed by atoms with Crippen molar-refractivity contribution >= 4 is 10.0 Å². The van der Waals surface area contributed by atoms with Crippen LogP contribution < -0.4 is 4.72 Å². The Balaban J connectivity index is 1.55. The van der Waals surface area contributed by atoms with Crippen molar-refractivity contribution in [3.8, 4) is 0 Å². The number of likely N-dealkylation sites (N-methyl/N-ethyl adjacent to an activating group) is 1. The number of nitrogens with one attached hydrogen (secondary N) is 1. The molecule has 21 heavy (non-hydrogen) atoms. The summed E-state index contributed by atoms with van der Waals surface area (Å²) in [6.45, 7) is 3.19. The molecule has 1 spiro atoms. The second kappa shape index (κ2) is 5.68. The van der Waals surface area contributed by atoms with Crippen LogP contribution in [-0.4, -0.2) is 52.2 Å². The van der Waals surface area contributed by atoms with Gasteiger partial charge in [-0.25, -0.2) is 13.1 Å². The molecule has 2 heterocycles. The summed E-state index contributed by atoms with van der Waals surface area (Å²) in [5.74, 6) is 0.451. The van der Waals surface area contributed by atoms with Crippen LogP contribution in [0.15, 0.2) is 35.2 Å². The Morgan fingerprint density at radius 2 is 2.05 bits per heavy atom. The van der Waals surface area contributed by atoms with Crippen molar-refractivity contribution in [1.29, 1.82) is 0 Å². The van der Waals surface area contributed by atoms with Crippen LogP contribution in [-0.2, 0) is 14.8 Å². The molecule has 2 aliphatic heterocycles. The van der Waals surface area contributed by atoms with Crippen molar-refractivity contribution in [3.05, 3.63) is 30.3 Å². The summed E-state index contributed by atoms with van der Waals surface area (Å²) in [4.78, 5) is 2.57. The molecule has 1 atom stereocenters. The quantitative estimate of drug-likeness (QED) is 0.884. The Morgan fingerprint density at radius 3 is 2.71 bits per heavy atom. The van der Waals surface area contributed by atoms with E-state index in [0.29, 0.717) is 17.4 Å². The lowest BCUT2D eigenvalue weighted by molar-refractivity contribution is -0.124. The highest BCUT2D eigenvalue weighted by molar-refractivity contribution is 7.89. The third-order valence-electron chi connectivity index (χ3n) is 4.51. The second-order valence-corrected chi connectivity index (χ2v) is 7.84. The summed E-state index contributed by atoms with van der Waals surface area (Å²) < 4.78 is 32.9. The molecule has 6 heteroatoms. The first-order chi connectivity index (χ1) is 10.0. The van der Waals surface area contributed by atoms with Gasteiger partial charge in [-0.05, 0) is 37.9 Å². The largest absolute Gasteiger partial charge is 0.372 e.